The minimum Gasteiger partial charge on any atom is -0.370 e. The Labute approximate surface area is 115 Å². The van der Waals surface area contributed by atoms with Gasteiger partial charge in [0.1, 0.15) is 0 Å². The highest BCUT2D eigenvalue weighted by Gasteiger charge is 2.24. The van der Waals surface area contributed by atoms with E-state index in [1.54, 1.807) is 0 Å². The highest BCUT2D eigenvalue weighted by Crippen LogP contribution is 2.40. The van der Waals surface area contributed by atoms with Gasteiger partial charge < -0.3 is 10.2 Å². The number of fused-ring (bicyclic) bond motifs is 1. The second kappa shape index (κ2) is 5.98. The van der Waals surface area contributed by atoms with Crippen molar-refractivity contribution in [2.75, 3.05) is 31.3 Å². The Morgan fingerprint density at radius 2 is 2.17 bits per heavy atom. The first-order valence-corrected chi connectivity index (χ1v) is 7.73. The van der Waals surface area contributed by atoms with E-state index in [1.807, 2.05) is 18.8 Å². The molecule has 1 N–H and O–H groups in total. The molecule has 2 rings (SSSR count). The molecule has 0 amide bonds. The molecule has 1 aliphatic heterocycles. The van der Waals surface area contributed by atoms with Gasteiger partial charge in [-0.1, -0.05) is 6.07 Å². The predicted octanol–water partition coefficient (Wildman–Crippen LogP) is 3.21. The second-order valence-electron chi connectivity index (χ2n) is 5.25. The molecule has 1 aromatic carbocycles. The van der Waals surface area contributed by atoms with Gasteiger partial charge in [-0.2, -0.15) is 0 Å². The molecule has 1 aromatic rings. The molecule has 3 heteroatoms. The third-order valence-corrected chi connectivity index (χ3v) is 5.08. The summed E-state index contributed by atoms with van der Waals surface area (Å²) in [7, 11) is 4.28. The first-order valence-electron chi connectivity index (χ1n) is 6.75. The summed E-state index contributed by atoms with van der Waals surface area (Å²) < 4.78 is 0. The summed E-state index contributed by atoms with van der Waals surface area (Å²) in [6.07, 6.45) is 2.53. The van der Waals surface area contributed by atoms with Crippen LogP contribution in [0.4, 0.5) is 5.69 Å². The van der Waals surface area contributed by atoms with Crippen LogP contribution in [0, 0.1) is 13.8 Å². The number of nitrogens with one attached hydrogen (secondary N) is 1. The van der Waals surface area contributed by atoms with Crippen molar-refractivity contribution >= 4 is 17.4 Å². The zero-order valence-corrected chi connectivity index (χ0v) is 12.7. The summed E-state index contributed by atoms with van der Waals surface area (Å²) in [5, 5.41) is 3.23. The van der Waals surface area contributed by atoms with Crippen molar-refractivity contribution in [3.63, 3.8) is 0 Å². The van der Waals surface area contributed by atoms with Gasteiger partial charge in [-0.15, -0.1) is 11.8 Å². The van der Waals surface area contributed by atoms with Crippen LogP contribution in [-0.2, 0) is 0 Å². The molecule has 0 radical (unpaired) electrons. The first kappa shape index (κ1) is 13.8. The normalized spacial score (nSPS) is 18.9. The number of thioether (sulfide) groups is 1. The van der Waals surface area contributed by atoms with Crippen LogP contribution in [0.15, 0.2) is 17.0 Å². The highest BCUT2D eigenvalue weighted by atomic mass is 32.2. The summed E-state index contributed by atoms with van der Waals surface area (Å²) in [5.41, 5.74) is 4.23. The standard InChI is InChI=1S/C15H24N2S/c1-11-8-12(2)15-14(9-11)17(4)13(10-18-15)6-5-7-16-3/h8-9,13,16H,5-7,10H2,1-4H3. The summed E-state index contributed by atoms with van der Waals surface area (Å²) in [5.74, 6) is 1.22. The van der Waals surface area contributed by atoms with Gasteiger partial charge in [0.05, 0.1) is 5.69 Å². The van der Waals surface area contributed by atoms with E-state index in [-0.39, 0.29) is 0 Å². The van der Waals surface area contributed by atoms with Gasteiger partial charge in [0.15, 0.2) is 0 Å². The molecule has 1 unspecified atom stereocenters. The quantitative estimate of drug-likeness (QED) is 0.841. The van der Waals surface area contributed by atoms with Crippen molar-refractivity contribution in [1.29, 1.82) is 0 Å². The Morgan fingerprint density at radius 3 is 2.89 bits per heavy atom. The number of hydrogen-bond acceptors (Lipinski definition) is 3. The molecule has 18 heavy (non-hydrogen) atoms. The van der Waals surface area contributed by atoms with Crippen LogP contribution >= 0.6 is 11.8 Å². The van der Waals surface area contributed by atoms with E-state index in [2.05, 4.69) is 43.2 Å². The summed E-state index contributed by atoms with van der Waals surface area (Å²) >= 11 is 2.03. The number of nitrogens with zero attached hydrogens (tertiary/aromatic N) is 1. The maximum absolute atomic E-state index is 3.23. The molecule has 0 fully saturated rings. The molecule has 100 valence electrons. The molecule has 0 aliphatic carbocycles. The number of aryl methyl sites for hydroxylation is 2. The fourth-order valence-electron chi connectivity index (χ4n) is 2.66. The Morgan fingerprint density at radius 1 is 1.39 bits per heavy atom. The lowest BCUT2D eigenvalue weighted by Gasteiger charge is -2.36. The topological polar surface area (TPSA) is 15.3 Å². The molecule has 0 spiro atoms. The van der Waals surface area contributed by atoms with E-state index >= 15 is 0 Å². The number of hydrogen-bond donors (Lipinski definition) is 1. The lowest BCUT2D eigenvalue weighted by atomic mass is 10.1. The van der Waals surface area contributed by atoms with Gasteiger partial charge in [0, 0.05) is 23.7 Å². The van der Waals surface area contributed by atoms with Crippen LogP contribution in [0.1, 0.15) is 24.0 Å². The maximum Gasteiger partial charge on any atom is 0.0509 e. The van der Waals surface area contributed by atoms with Crippen LogP contribution in [-0.4, -0.2) is 32.4 Å². The van der Waals surface area contributed by atoms with E-state index in [0.29, 0.717) is 6.04 Å². The van der Waals surface area contributed by atoms with Gasteiger partial charge in [0.25, 0.3) is 0 Å². The fourth-order valence-corrected chi connectivity index (χ4v) is 4.05. The van der Waals surface area contributed by atoms with Gasteiger partial charge in [-0.25, -0.2) is 0 Å². The van der Waals surface area contributed by atoms with Crippen LogP contribution in [0.3, 0.4) is 0 Å². The summed E-state index contributed by atoms with van der Waals surface area (Å²) in [4.78, 5) is 3.97. The van der Waals surface area contributed by atoms with Gasteiger partial charge >= 0.3 is 0 Å². The lowest BCUT2D eigenvalue weighted by molar-refractivity contribution is 0.577. The second-order valence-corrected chi connectivity index (χ2v) is 6.28. The maximum atomic E-state index is 3.23. The smallest absolute Gasteiger partial charge is 0.0509 e. The van der Waals surface area contributed by atoms with Crippen molar-refractivity contribution in [3.05, 3.63) is 23.3 Å². The number of rotatable bonds is 4. The molecule has 0 saturated heterocycles. The molecule has 0 saturated carbocycles. The minimum absolute atomic E-state index is 0.678. The zero-order valence-electron chi connectivity index (χ0n) is 11.9. The van der Waals surface area contributed by atoms with Crippen LogP contribution in [0.2, 0.25) is 0 Å². The number of anilines is 1. The van der Waals surface area contributed by atoms with E-state index in [9.17, 15) is 0 Å². The molecule has 0 aromatic heterocycles. The average molecular weight is 264 g/mol. The van der Waals surface area contributed by atoms with Gasteiger partial charge in [-0.3, -0.25) is 0 Å². The molecular formula is C15H24N2S. The third-order valence-electron chi connectivity index (χ3n) is 3.71. The van der Waals surface area contributed by atoms with Crippen molar-refractivity contribution in [3.8, 4) is 0 Å². The largest absolute Gasteiger partial charge is 0.370 e. The Hall–Kier alpha value is -0.670. The van der Waals surface area contributed by atoms with Gasteiger partial charge in [-0.05, 0) is 57.5 Å². The molecule has 1 heterocycles. The van der Waals surface area contributed by atoms with Crippen molar-refractivity contribution in [2.24, 2.45) is 0 Å². The summed E-state index contributed by atoms with van der Waals surface area (Å²) in [6, 6.07) is 5.30. The first-order chi connectivity index (χ1) is 8.63. The molecular weight excluding hydrogens is 240 g/mol. The van der Waals surface area contributed by atoms with Crippen LogP contribution in [0.25, 0.3) is 0 Å². The molecule has 2 nitrogen and oxygen atoms in total. The average Bonchev–Trinajstić information content (AvgIpc) is 2.33. The van der Waals surface area contributed by atoms with E-state index in [0.717, 1.165) is 6.54 Å². The van der Waals surface area contributed by atoms with Crippen molar-refractivity contribution < 1.29 is 0 Å². The number of benzene rings is 1. The highest BCUT2D eigenvalue weighted by molar-refractivity contribution is 7.99. The molecule has 0 bridgehead atoms. The molecule has 1 aliphatic rings. The van der Waals surface area contributed by atoms with E-state index in [4.69, 9.17) is 0 Å². The van der Waals surface area contributed by atoms with Crippen molar-refractivity contribution in [2.45, 2.75) is 37.6 Å². The van der Waals surface area contributed by atoms with Crippen molar-refractivity contribution in [1.82, 2.24) is 5.32 Å². The summed E-state index contributed by atoms with van der Waals surface area (Å²) in [6.45, 7) is 5.54. The SMILES string of the molecule is CNCCCC1CSc2c(C)cc(C)cc2N1C. The Bertz CT molecular complexity index is 417. The monoisotopic (exact) mass is 264 g/mol. The zero-order chi connectivity index (χ0) is 13.1. The van der Waals surface area contributed by atoms with Gasteiger partial charge in [0.2, 0.25) is 0 Å². The van der Waals surface area contributed by atoms with Crippen LogP contribution in [0.5, 0.6) is 0 Å². The third kappa shape index (κ3) is 2.83. The minimum atomic E-state index is 0.678. The lowest BCUT2D eigenvalue weighted by Crippen LogP contribution is -2.37. The Balaban J connectivity index is 2.14. The molecule has 1 atom stereocenters. The fraction of sp³-hybridized carbons (Fsp3) is 0.600. The van der Waals surface area contributed by atoms with E-state index in [1.165, 1.54) is 40.3 Å². The Kier molecular flexibility index (Phi) is 4.57. The predicted molar refractivity (Wildman–Crippen MR) is 82.0 cm³/mol. The van der Waals surface area contributed by atoms with Crippen LogP contribution < -0.4 is 10.2 Å². The van der Waals surface area contributed by atoms with E-state index < -0.39 is 0 Å².